The van der Waals surface area contributed by atoms with Crippen LogP contribution in [0.25, 0.3) is 0 Å². The van der Waals surface area contributed by atoms with Crippen LogP contribution in [0.2, 0.25) is 0 Å². The van der Waals surface area contributed by atoms with E-state index in [9.17, 15) is 0 Å². The third kappa shape index (κ3) is 150. The Morgan fingerprint density at radius 3 is 0.875 bits per heavy atom. The van der Waals surface area contributed by atoms with Crippen LogP contribution in [0.15, 0.2) is 0 Å². The van der Waals surface area contributed by atoms with E-state index in [1.807, 2.05) is 0 Å². The van der Waals surface area contributed by atoms with Crippen molar-refractivity contribution in [3.8, 4) is 0 Å². The van der Waals surface area contributed by atoms with Crippen molar-refractivity contribution in [2.45, 2.75) is 0 Å². The first kappa shape index (κ1) is 22.7. The predicted molar refractivity (Wildman–Crippen MR) is 9.61 cm³/mol. The van der Waals surface area contributed by atoms with Gasteiger partial charge in [-0.05, 0) is 0 Å². The van der Waals surface area contributed by atoms with Gasteiger partial charge < -0.3 is 1.43 Å². The van der Waals surface area contributed by atoms with Crippen LogP contribution in [0.5, 0.6) is 0 Å². The van der Waals surface area contributed by atoms with Crippen LogP contribution < -0.4 is 18.9 Å². The minimum absolute atomic E-state index is 0. The van der Waals surface area contributed by atoms with Gasteiger partial charge in [0.05, 0.1) is 0 Å². The summed E-state index contributed by atoms with van der Waals surface area (Å²) in [5, 5.41) is 0. The molecule has 0 aliphatic rings. The molecule has 0 atom stereocenters. The van der Waals surface area contributed by atoms with Crippen molar-refractivity contribution in [1.29, 1.82) is 0 Å². The van der Waals surface area contributed by atoms with Gasteiger partial charge in [-0.2, -0.15) is 0 Å². The first-order valence-corrected chi connectivity index (χ1v) is 2.54. The summed E-state index contributed by atoms with van der Waals surface area (Å²) >= 11 is -2.88. The number of rotatable bonds is 0. The van der Waals surface area contributed by atoms with Crippen LogP contribution in [0.4, 0.5) is 0 Å². The molecular formula is HLi2Mn2O4. The van der Waals surface area contributed by atoms with E-state index in [-0.39, 0.29) is 39.1 Å². The summed E-state index contributed by atoms with van der Waals surface area (Å²) < 4.78 is 33.6. The fraction of sp³-hybridized carbons (Fsp3) is 0. The van der Waals surface area contributed by atoms with Crippen molar-refractivity contribution in [3.63, 3.8) is 0 Å². The zero-order valence-corrected chi connectivity index (χ0v) is 6.75. The summed E-state index contributed by atoms with van der Waals surface area (Å²) in [6, 6.07) is 0. The van der Waals surface area contributed by atoms with E-state index in [4.69, 9.17) is 15.3 Å². The molecule has 0 rings (SSSR count). The van der Waals surface area contributed by atoms with Crippen LogP contribution in [-0.2, 0) is 45.0 Å². The van der Waals surface area contributed by atoms with Gasteiger partial charge in [-0.15, -0.1) is 0 Å². The zero-order valence-electron chi connectivity index (χ0n) is 5.39. The second-order valence-electron chi connectivity index (χ2n) is 0.126. The first-order valence-electron chi connectivity index (χ1n) is 0.617. The molecule has 0 aromatic heterocycles. The van der Waals surface area contributed by atoms with E-state index in [0.29, 0.717) is 0 Å². The summed E-state index contributed by atoms with van der Waals surface area (Å²) in [6.45, 7) is 0. The SMILES string of the molecule is [H-].[Li+].[Li].[O]=[Mn]=[O].[O]=[Mn]=[O]. The molecule has 0 spiro atoms. The summed E-state index contributed by atoms with van der Waals surface area (Å²) in [4.78, 5) is 0. The van der Waals surface area contributed by atoms with Gasteiger partial charge in [-0.3, -0.25) is 0 Å². The van der Waals surface area contributed by atoms with Gasteiger partial charge in [0.25, 0.3) is 0 Å². The number of hydrogen-bond acceptors (Lipinski definition) is 4. The molecule has 1 radical (unpaired) electrons. The quantitative estimate of drug-likeness (QED) is 0.367. The summed E-state index contributed by atoms with van der Waals surface area (Å²) in [5.41, 5.74) is 0. The van der Waals surface area contributed by atoms with E-state index >= 15 is 0 Å². The molecule has 0 saturated heterocycles. The fourth-order valence-corrected chi connectivity index (χ4v) is 0. The van der Waals surface area contributed by atoms with Gasteiger partial charge in [0.15, 0.2) is 0 Å². The molecule has 0 aromatic rings. The third-order valence-corrected chi connectivity index (χ3v) is 0. The Morgan fingerprint density at radius 2 is 0.875 bits per heavy atom. The van der Waals surface area contributed by atoms with Crippen molar-refractivity contribution in [1.82, 2.24) is 0 Å². The molecule has 4 nitrogen and oxygen atoms in total. The van der Waals surface area contributed by atoms with Crippen LogP contribution in [0.3, 0.4) is 0 Å². The van der Waals surface area contributed by atoms with Gasteiger partial charge in [0, 0.05) is 18.9 Å². The molecule has 0 aliphatic carbocycles. The minimum atomic E-state index is -1.44. The van der Waals surface area contributed by atoms with Crippen molar-refractivity contribution in [2.75, 3.05) is 0 Å². The Hall–Kier alpha value is 1.43. The van der Waals surface area contributed by atoms with E-state index in [1.165, 1.54) is 0 Å². The average molecular weight is 189 g/mol. The topological polar surface area (TPSA) is 68.3 Å². The molecule has 0 aliphatic heterocycles. The van der Waals surface area contributed by atoms with Gasteiger partial charge in [0.1, 0.15) is 0 Å². The van der Waals surface area contributed by atoms with Crippen LogP contribution >= 0.6 is 0 Å². The summed E-state index contributed by atoms with van der Waals surface area (Å²) in [5.74, 6) is 0. The Balaban J connectivity index is -0.00000000889. The second-order valence-corrected chi connectivity index (χ2v) is 0.519. The molecule has 8 heteroatoms. The summed E-state index contributed by atoms with van der Waals surface area (Å²) in [6.07, 6.45) is 0. The molecule has 0 saturated carbocycles. The van der Waals surface area contributed by atoms with Gasteiger partial charge in [0.2, 0.25) is 0 Å². The number of hydrogen-bond donors (Lipinski definition) is 0. The zero-order chi connectivity index (χ0) is 5.41. The van der Waals surface area contributed by atoms with E-state index in [0.717, 1.165) is 0 Å². The van der Waals surface area contributed by atoms with E-state index < -0.39 is 29.6 Å². The molecule has 0 aromatic carbocycles. The van der Waals surface area contributed by atoms with Crippen molar-refractivity contribution >= 4 is 18.9 Å². The predicted octanol–water partition coefficient (Wildman–Crippen LogP) is -3.74. The monoisotopic (exact) mass is 189 g/mol. The Kier molecular flexibility index (Phi) is 112. The molecule has 0 fully saturated rings. The molecule has 8 heavy (non-hydrogen) atoms. The molecule has 41 valence electrons. The molecular weight excluding hydrogens is 188 g/mol. The van der Waals surface area contributed by atoms with Crippen LogP contribution in [0, 0.1) is 0 Å². The summed E-state index contributed by atoms with van der Waals surface area (Å²) in [7, 11) is 0. The molecule has 0 unspecified atom stereocenters. The Morgan fingerprint density at radius 1 is 0.875 bits per heavy atom. The molecule has 0 bridgehead atoms. The second kappa shape index (κ2) is 39.5. The fourth-order valence-electron chi connectivity index (χ4n) is 0. The maximum atomic E-state index is 8.41. The molecule has 0 heterocycles. The van der Waals surface area contributed by atoms with Gasteiger partial charge >= 0.3 is 63.8 Å². The van der Waals surface area contributed by atoms with Crippen molar-refractivity contribution in [3.05, 3.63) is 0 Å². The van der Waals surface area contributed by atoms with E-state index in [1.54, 1.807) is 0 Å². The van der Waals surface area contributed by atoms with E-state index in [2.05, 4.69) is 0 Å². The van der Waals surface area contributed by atoms with Crippen LogP contribution in [0.1, 0.15) is 1.43 Å². The normalized spacial score (nSPS) is 3.00. The van der Waals surface area contributed by atoms with Gasteiger partial charge in [-0.1, -0.05) is 0 Å². The van der Waals surface area contributed by atoms with Crippen LogP contribution in [-0.4, -0.2) is 18.9 Å². The maximum absolute atomic E-state index is 8.41. The standard InChI is InChI=1S/2Li.2Mn.4O.H/q;+1;;;;;;;-1. The molecule has 0 N–H and O–H groups in total. The van der Waals surface area contributed by atoms with Gasteiger partial charge in [-0.25, -0.2) is 0 Å². The molecule has 0 amide bonds. The Labute approximate surface area is 83.5 Å². The third-order valence-electron chi connectivity index (χ3n) is 0. The Bertz CT molecular complexity index is 70.6. The van der Waals surface area contributed by atoms with Crippen molar-refractivity contribution in [2.24, 2.45) is 0 Å². The average Bonchev–Trinajstić information content (AvgIpc) is 1.39. The van der Waals surface area contributed by atoms with Crippen molar-refractivity contribution < 1.29 is 65.3 Å². The first-order chi connectivity index (χ1) is 2.83.